The van der Waals surface area contributed by atoms with Crippen molar-refractivity contribution in [3.63, 3.8) is 0 Å². The zero-order valence-corrected chi connectivity index (χ0v) is 13.6. The van der Waals surface area contributed by atoms with Crippen LogP contribution in [0.2, 0.25) is 0 Å². The molecule has 0 aliphatic rings. The number of aromatic nitrogens is 3. The number of carbonyl (C=O) groups excluding carboxylic acids is 1. The molecule has 0 aliphatic heterocycles. The minimum absolute atomic E-state index is 0.113. The molecule has 0 saturated carbocycles. The first-order valence-electron chi connectivity index (χ1n) is 7.28. The summed E-state index contributed by atoms with van der Waals surface area (Å²) in [5, 5.41) is 11.9. The van der Waals surface area contributed by atoms with E-state index in [0.717, 1.165) is 0 Å². The van der Waals surface area contributed by atoms with E-state index < -0.39 is 17.7 Å². The molecule has 8 heteroatoms. The highest BCUT2D eigenvalue weighted by atomic mass is 16.6. The lowest BCUT2D eigenvalue weighted by molar-refractivity contribution is 0.0522. The maximum Gasteiger partial charge on any atom is 0.407 e. The van der Waals surface area contributed by atoms with Gasteiger partial charge in [-0.1, -0.05) is 6.92 Å². The molecule has 2 rings (SSSR count). The number of aromatic carboxylic acids is 1. The van der Waals surface area contributed by atoms with E-state index in [1.807, 2.05) is 6.92 Å². The molecule has 0 bridgehead atoms. The molecule has 8 nitrogen and oxygen atoms in total. The molecule has 1 amide bonds. The molecule has 0 aliphatic carbocycles. The summed E-state index contributed by atoms with van der Waals surface area (Å²) in [7, 11) is 0. The third kappa shape index (κ3) is 3.97. The minimum Gasteiger partial charge on any atom is -0.477 e. The van der Waals surface area contributed by atoms with Gasteiger partial charge in [0.1, 0.15) is 5.60 Å². The van der Waals surface area contributed by atoms with E-state index in [4.69, 9.17) is 4.74 Å². The number of alkyl carbamates (subject to hydrolysis) is 1. The lowest BCUT2D eigenvalue weighted by Crippen LogP contribution is -2.32. The van der Waals surface area contributed by atoms with Gasteiger partial charge in [-0.2, -0.15) is 0 Å². The molecule has 0 spiro atoms. The van der Waals surface area contributed by atoms with Gasteiger partial charge in [0.2, 0.25) is 5.78 Å². The molecule has 2 aromatic heterocycles. The maximum atomic E-state index is 11.6. The monoisotopic (exact) mass is 320 g/mol. The van der Waals surface area contributed by atoms with Gasteiger partial charge in [-0.15, -0.1) is 0 Å². The standard InChI is InChI=1S/C15H20N4O4/c1-5-10-11(12(20)21)19-7-6-9(17-13(19)18-10)8-16-14(22)23-15(2,3)4/h6-7H,5,8H2,1-4H3,(H,16,22)(H,20,21). The van der Waals surface area contributed by atoms with Crippen molar-refractivity contribution in [1.29, 1.82) is 0 Å². The van der Waals surface area contributed by atoms with Crippen LogP contribution in [0.1, 0.15) is 49.6 Å². The fourth-order valence-corrected chi connectivity index (χ4v) is 2.06. The number of rotatable bonds is 4. The molecule has 23 heavy (non-hydrogen) atoms. The zero-order chi connectivity index (χ0) is 17.2. The van der Waals surface area contributed by atoms with Gasteiger partial charge in [-0.25, -0.2) is 19.6 Å². The smallest absolute Gasteiger partial charge is 0.407 e. The van der Waals surface area contributed by atoms with Crippen LogP contribution >= 0.6 is 0 Å². The van der Waals surface area contributed by atoms with Crippen LogP contribution in [0.3, 0.4) is 0 Å². The predicted molar refractivity (Wildman–Crippen MR) is 82.4 cm³/mol. The van der Waals surface area contributed by atoms with Crippen molar-refractivity contribution in [3.05, 3.63) is 29.3 Å². The Labute approximate surface area is 133 Å². The van der Waals surface area contributed by atoms with E-state index in [1.54, 1.807) is 33.0 Å². The average Bonchev–Trinajstić information content (AvgIpc) is 2.81. The molecule has 2 aromatic rings. The molecule has 2 heterocycles. The van der Waals surface area contributed by atoms with Crippen molar-refractivity contribution in [3.8, 4) is 0 Å². The van der Waals surface area contributed by atoms with E-state index in [9.17, 15) is 14.7 Å². The second-order valence-corrected chi connectivity index (χ2v) is 6.01. The normalized spacial score (nSPS) is 11.5. The van der Waals surface area contributed by atoms with E-state index in [-0.39, 0.29) is 12.2 Å². The largest absolute Gasteiger partial charge is 0.477 e. The van der Waals surface area contributed by atoms with Crippen molar-refractivity contribution < 1.29 is 19.4 Å². The van der Waals surface area contributed by atoms with Crippen molar-refractivity contribution in [1.82, 2.24) is 19.7 Å². The fourth-order valence-electron chi connectivity index (χ4n) is 2.06. The Morgan fingerprint density at radius 2 is 2.04 bits per heavy atom. The molecule has 124 valence electrons. The van der Waals surface area contributed by atoms with E-state index in [0.29, 0.717) is 23.6 Å². The third-order valence-corrected chi connectivity index (χ3v) is 2.97. The highest BCUT2D eigenvalue weighted by molar-refractivity contribution is 5.88. The number of amides is 1. The van der Waals surface area contributed by atoms with E-state index >= 15 is 0 Å². The number of carboxylic acid groups (broad SMARTS) is 1. The van der Waals surface area contributed by atoms with Crippen LogP contribution in [-0.4, -0.2) is 37.1 Å². The van der Waals surface area contributed by atoms with Crippen LogP contribution in [0, 0.1) is 0 Å². The summed E-state index contributed by atoms with van der Waals surface area (Å²) in [6.45, 7) is 7.34. The Morgan fingerprint density at radius 1 is 1.35 bits per heavy atom. The summed E-state index contributed by atoms with van der Waals surface area (Å²) in [5.41, 5.74) is 0.577. The van der Waals surface area contributed by atoms with E-state index in [2.05, 4.69) is 15.3 Å². The van der Waals surface area contributed by atoms with Crippen LogP contribution in [-0.2, 0) is 17.7 Å². The van der Waals surface area contributed by atoms with Crippen LogP contribution in [0.25, 0.3) is 5.78 Å². The molecule has 2 N–H and O–H groups in total. The summed E-state index contributed by atoms with van der Waals surface area (Å²) in [6.07, 6.45) is 1.54. The Kier molecular flexibility index (Phi) is 4.53. The van der Waals surface area contributed by atoms with Gasteiger partial charge in [-0.3, -0.25) is 4.40 Å². The maximum absolute atomic E-state index is 11.6. The van der Waals surface area contributed by atoms with Crippen LogP contribution in [0.15, 0.2) is 12.3 Å². The number of carboxylic acids is 1. The number of nitrogens with zero attached hydrogens (tertiary/aromatic N) is 3. The number of imidazole rings is 1. The summed E-state index contributed by atoms with van der Waals surface area (Å²) >= 11 is 0. The number of aryl methyl sites for hydroxylation is 1. The molecule has 0 aromatic carbocycles. The third-order valence-electron chi connectivity index (χ3n) is 2.97. The molecule has 0 fully saturated rings. The Hall–Kier alpha value is -2.64. The lowest BCUT2D eigenvalue weighted by atomic mass is 10.2. The number of hydrogen-bond acceptors (Lipinski definition) is 5. The number of nitrogens with one attached hydrogen (secondary N) is 1. The van der Waals surface area contributed by atoms with Gasteiger partial charge in [0.25, 0.3) is 0 Å². The lowest BCUT2D eigenvalue weighted by Gasteiger charge is -2.19. The second-order valence-electron chi connectivity index (χ2n) is 6.01. The summed E-state index contributed by atoms with van der Waals surface area (Å²) in [5.74, 6) is -0.751. The summed E-state index contributed by atoms with van der Waals surface area (Å²) < 4.78 is 6.57. The zero-order valence-electron chi connectivity index (χ0n) is 13.6. The Balaban J connectivity index is 2.18. The topological polar surface area (TPSA) is 106 Å². The molecule has 0 saturated heterocycles. The van der Waals surface area contributed by atoms with Gasteiger partial charge in [0.05, 0.1) is 17.9 Å². The molecular weight excluding hydrogens is 300 g/mol. The minimum atomic E-state index is -1.05. The second kappa shape index (κ2) is 6.23. The summed E-state index contributed by atoms with van der Waals surface area (Å²) in [4.78, 5) is 31.5. The van der Waals surface area contributed by atoms with Crippen molar-refractivity contribution in [2.45, 2.75) is 46.3 Å². The number of hydrogen-bond donors (Lipinski definition) is 2. The van der Waals surface area contributed by atoms with Gasteiger partial charge in [0.15, 0.2) is 5.69 Å². The highest BCUT2D eigenvalue weighted by Gasteiger charge is 2.19. The van der Waals surface area contributed by atoms with Crippen molar-refractivity contribution >= 4 is 17.8 Å². The average molecular weight is 320 g/mol. The Bertz CT molecular complexity index is 746. The molecule has 0 atom stereocenters. The van der Waals surface area contributed by atoms with Gasteiger partial charge >= 0.3 is 12.1 Å². The molecule has 0 radical (unpaired) electrons. The molecular formula is C15H20N4O4. The van der Waals surface area contributed by atoms with Gasteiger partial charge in [0, 0.05) is 6.20 Å². The number of fused-ring (bicyclic) bond motifs is 1. The van der Waals surface area contributed by atoms with Gasteiger partial charge in [-0.05, 0) is 33.3 Å². The molecule has 0 unspecified atom stereocenters. The first-order chi connectivity index (χ1) is 10.7. The fraction of sp³-hybridized carbons (Fsp3) is 0.467. The first-order valence-corrected chi connectivity index (χ1v) is 7.28. The van der Waals surface area contributed by atoms with Crippen LogP contribution < -0.4 is 5.32 Å². The number of carbonyl (C=O) groups is 2. The Morgan fingerprint density at radius 3 is 2.61 bits per heavy atom. The van der Waals surface area contributed by atoms with Crippen LogP contribution in [0.4, 0.5) is 4.79 Å². The van der Waals surface area contributed by atoms with Crippen molar-refractivity contribution in [2.24, 2.45) is 0 Å². The SMILES string of the molecule is CCc1nc2nc(CNC(=O)OC(C)(C)C)ccn2c1C(=O)O. The van der Waals surface area contributed by atoms with Crippen molar-refractivity contribution in [2.75, 3.05) is 0 Å². The van der Waals surface area contributed by atoms with Gasteiger partial charge < -0.3 is 15.2 Å². The first kappa shape index (κ1) is 16.7. The predicted octanol–water partition coefficient (Wildman–Crippen LogP) is 2.01. The quantitative estimate of drug-likeness (QED) is 0.892. The van der Waals surface area contributed by atoms with E-state index in [1.165, 1.54) is 4.40 Å². The number of ether oxygens (including phenoxy) is 1. The summed E-state index contributed by atoms with van der Waals surface area (Å²) in [6, 6.07) is 1.64. The van der Waals surface area contributed by atoms with Crippen LogP contribution in [0.5, 0.6) is 0 Å². The highest BCUT2D eigenvalue weighted by Crippen LogP contribution is 2.13.